The molecule has 1 aromatic rings. The lowest BCUT2D eigenvalue weighted by Gasteiger charge is -2.23. The molecule has 0 amide bonds. The maximum absolute atomic E-state index is 5.47. The Kier molecular flexibility index (Phi) is 5.17. The van der Waals surface area contributed by atoms with Gasteiger partial charge in [-0.05, 0) is 31.1 Å². The van der Waals surface area contributed by atoms with E-state index in [9.17, 15) is 0 Å². The maximum atomic E-state index is 5.47. The van der Waals surface area contributed by atoms with Crippen LogP contribution in [0.2, 0.25) is 0 Å². The van der Waals surface area contributed by atoms with Crippen LogP contribution in [0.15, 0.2) is 0 Å². The Bertz CT molecular complexity index is 461. The van der Waals surface area contributed by atoms with Crippen molar-refractivity contribution in [3.8, 4) is 0 Å². The minimum atomic E-state index is 0.411. The largest absolute Gasteiger partial charge is 0.347 e. The van der Waals surface area contributed by atoms with Crippen LogP contribution < -0.4 is 21.1 Å². The van der Waals surface area contributed by atoms with E-state index in [2.05, 4.69) is 39.1 Å². The lowest BCUT2D eigenvalue weighted by molar-refractivity contribution is 0.351. The first-order valence-corrected chi connectivity index (χ1v) is 7.66. The van der Waals surface area contributed by atoms with E-state index in [-0.39, 0.29) is 0 Å². The first-order valence-electron chi connectivity index (χ1n) is 7.66. The maximum Gasteiger partial charge on any atom is 0.243 e. The molecule has 0 aliphatic carbocycles. The molecule has 0 saturated carbocycles. The fourth-order valence-corrected chi connectivity index (χ4v) is 2.75. The van der Waals surface area contributed by atoms with Gasteiger partial charge < -0.3 is 9.80 Å². The van der Waals surface area contributed by atoms with Gasteiger partial charge in [-0.2, -0.15) is 15.0 Å². The van der Waals surface area contributed by atoms with Crippen LogP contribution in [0.25, 0.3) is 0 Å². The Labute approximate surface area is 126 Å². The number of aromatic nitrogens is 3. The molecule has 1 saturated heterocycles. The molecule has 1 aliphatic heterocycles. The van der Waals surface area contributed by atoms with Gasteiger partial charge in [0.2, 0.25) is 17.8 Å². The van der Waals surface area contributed by atoms with Crippen LogP contribution >= 0.6 is 0 Å². The van der Waals surface area contributed by atoms with Crippen molar-refractivity contribution in [3.05, 3.63) is 0 Å². The van der Waals surface area contributed by atoms with Gasteiger partial charge in [-0.1, -0.05) is 13.8 Å². The smallest absolute Gasteiger partial charge is 0.243 e. The predicted molar refractivity (Wildman–Crippen MR) is 86.4 cm³/mol. The van der Waals surface area contributed by atoms with Gasteiger partial charge in [0.25, 0.3) is 0 Å². The summed E-state index contributed by atoms with van der Waals surface area (Å²) in [5, 5.41) is 0. The van der Waals surface area contributed by atoms with Crippen LogP contribution in [-0.4, -0.2) is 42.1 Å². The summed E-state index contributed by atoms with van der Waals surface area (Å²) in [7, 11) is 3.83. The van der Waals surface area contributed by atoms with Crippen molar-refractivity contribution >= 4 is 17.8 Å². The number of nitrogen functional groups attached to an aromatic ring is 1. The first kappa shape index (κ1) is 15.8. The van der Waals surface area contributed by atoms with Gasteiger partial charge in [0.15, 0.2) is 0 Å². The number of rotatable bonds is 4. The van der Waals surface area contributed by atoms with E-state index in [1.165, 1.54) is 19.3 Å². The van der Waals surface area contributed by atoms with E-state index in [4.69, 9.17) is 5.84 Å². The summed E-state index contributed by atoms with van der Waals surface area (Å²) in [5.41, 5.74) is 2.53. The average Bonchev–Trinajstić information content (AvgIpc) is 2.72. The number of nitrogens with zero attached hydrogens (tertiary/aromatic N) is 5. The lowest BCUT2D eigenvalue weighted by atomic mass is 9.89. The quantitative estimate of drug-likeness (QED) is 0.642. The van der Waals surface area contributed by atoms with Crippen molar-refractivity contribution in [2.24, 2.45) is 17.7 Å². The van der Waals surface area contributed by atoms with Crippen LogP contribution in [0, 0.1) is 11.8 Å². The highest BCUT2D eigenvalue weighted by atomic mass is 15.4. The number of nitrogens with one attached hydrogen (secondary N) is 1. The van der Waals surface area contributed by atoms with Crippen molar-refractivity contribution in [1.82, 2.24) is 15.0 Å². The second-order valence-electron chi connectivity index (χ2n) is 6.22. The number of anilines is 3. The second kappa shape index (κ2) is 6.89. The topological polar surface area (TPSA) is 83.2 Å². The third-order valence-electron chi connectivity index (χ3n) is 4.14. The molecule has 21 heavy (non-hydrogen) atoms. The molecule has 1 unspecified atom stereocenters. The fraction of sp³-hybridized carbons (Fsp3) is 0.786. The molecule has 2 rings (SSSR count). The fourth-order valence-electron chi connectivity index (χ4n) is 2.75. The van der Waals surface area contributed by atoms with Crippen LogP contribution in [0.4, 0.5) is 17.8 Å². The molecule has 7 nitrogen and oxygen atoms in total. The van der Waals surface area contributed by atoms with Gasteiger partial charge in [0.05, 0.1) is 0 Å². The van der Waals surface area contributed by atoms with Gasteiger partial charge in [-0.15, -0.1) is 0 Å². The SMILES string of the molecule is CC(C)C1CCCN(c2nc(NN)nc(N(C)C)n2)CC1. The van der Waals surface area contributed by atoms with E-state index in [1.807, 2.05) is 19.0 Å². The zero-order chi connectivity index (χ0) is 15.4. The van der Waals surface area contributed by atoms with Gasteiger partial charge in [-0.3, -0.25) is 5.43 Å². The van der Waals surface area contributed by atoms with E-state index in [0.717, 1.165) is 24.9 Å². The standard InChI is InChI=1S/C14H27N7/c1-10(2)11-6-5-8-21(9-7-11)14-17-12(19-15)16-13(18-14)20(3)4/h10-11H,5-9,15H2,1-4H3,(H,16,17,18,19). The summed E-state index contributed by atoms with van der Waals surface area (Å²) in [5.74, 6) is 8.74. The Morgan fingerprint density at radius 3 is 2.57 bits per heavy atom. The number of hydrogen-bond donors (Lipinski definition) is 2. The minimum Gasteiger partial charge on any atom is -0.347 e. The number of nitrogens with two attached hydrogens (primary N) is 1. The molecule has 1 aliphatic rings. The molecule has 2 heterocycles. The highest BCUT2D eigenvalue weighted by molar-refractivity contribution is 5.44. The van der Waals surface area contributed by atoms with E-state index in [0.29, 0.717) is 17.8 Å². The van der Waals surface area contributed by atoms with Gasteiger partial charge in [0.1, 0.15) is 0 Å². The normalized spacial score (nSPS) is 19.5. The third kappa shape index (κ3) is 3.93. The van der Waals surface area contributed by atoms with Crippen LogP contribution in [-0.2, 0) is 0 Å². The summed E-state index contributed by atoms with van der Waals surface area (Å²) in [6.45, 7) is 6.60. The second-order valence-corrected chi connectivity index (χ2v) is 6.22. The number of hydrazine groups is 1. The zero-order valence-corrected chi connectivity index (χ0v) is 13.5. The molecular weight excluding hydrogens is 266 g/mol. The van der Waals surface area contributed by atoms with Gasteiger partial charge >= 0.3 is 0 Å². The zero-order valence-electron chi connectivity index (χ0n) is 13.5. The molecule has 3 N–H and O–H groups in total. The summed E-state index contributed by atoms with van der Waals surface area (Å²) in [6.07, 6.45) is 3.64. The summed E-state index contributed by atoms with van der Waals surface area (Å²) < 4.78 is 0. The average molecular weight is 293 g/mol. The van der Waals surface area contributed by atoms with E-state index >= 15 is 0 Å². The molecule has 1 aromatic heterocycles. The minimum absolute atomic E-state index is 0.411. The Morgan fingerprint density at radius 1 is 1.19 bits per heavy atom. The van der Waals surface area contributed by atoms with Crippen molar-refractivity contribution in [1.29, 1.82) is 0 Å². The molecule has 0 bridgehead atoms. The molecule has 1 fully saturated rings. The summed E-state index contributed by atoms with van der Waals surface area (Å²) in [6, 6.07) is 0. The molecule has 7 heteroatoms. The van der Waals surface area contributed by atoms with Crippen LogP contribution in [0.3, 0.4) is 0 Å². The van der Waals surface area contributed by atoms with Gasteiger partial charge in [-0.25, -0.2) is 5.84 Å². The van der Waals surface area contributed by atoms with Gasteiger partial charge in [0, 0.05) is 27.2 Å². The Hall–Kier alpha value is -1.63. The van der Waals surface area contributed by atoms with Crippen molar-refractivity contribution in [2.45, 2.75) is 33.1 Å². The molecule has 118 valence electrons. The van der Waals surface area contributed by atoms with Crippen molar-refractivity contribution in [3.63, 3.8) is 0 Å². The molecule has 0 aromatic carbocycles. The number of hydrogen-bond acceptors (Lipinski definition) is 7. The predicted octanol–water partition coefficient (Wildman–Crippen LogP) is 1.49. The van der Waals surface area contributed by atoms with E-state index in [1.54, 1.807) is 0 Å². The molecule has 0 radical (unpaired) electrons. The highest BCUT2D eigenvalue weighted by Crippen LogP contribution is 2.26. The monoisotopic (exact) mass is 293 g/mol. The third-order valence-corrected chi connectivity index (χ3v) is 4.14. The molecule has 1 atom stereocenters. The Balaban J connectivity index is 2.18. The molecule has 0 spiro atoms. The lowest BCUT2D eigenvalue weighted by Crippen LogP contribution is -2.28. The first-order chi connectivity index (χ1) is 10.0. The van der Waals surface area contributed by atoms with Crippen molar-refractivity contribution in [2.75, 3.05) is 42.4 Å². The van der Waals surface area contributed by atoms with E-state index < -0.39 is 0 Å². The summed E-state index contributed by atoms with van der Waals surface area (Å²) in [4.78, 5) is 17.3. The van der Waals surface area contributed by atoms with Crippen LogP contribution in [0.1, 0.15) is 33.1 Å². The Morgan fingerprint density at radius 2 is 1.95 bits per heavy atom. The summed E-state index contributed by atoms with van der Waals surface area (Å²) >= 11 is 0. The highest BCUT2D eigenvalue weighted by Gasteiger charge is 2.22. The van der Waals surface area contributed by atoms with Crippen LogP contribution in [0.5, 0.6) is 0 Å². The van der Waals surface area contributed by atoms with Crippen molar-refractivity contribution < 1.29 is 0 Å². The molecular formula is C14H27N7.